The molecular formula is C16H18N4. The number of aryl methyl sites for hydroxylation is 1. The molecule has 1 unspecified atom stereocenters. The average Bonchev–Trinajstić information content (AvgIpc) is 2.89. The summed E-state index contributed by atoms with van der Waals surface area (Å²) in [5.41, 5.74) is 3.39. The zero-order valence-corrected chi connectivity index (χ0v) is 11.7. The Hall–Kier alpha value is -2.20. The molecule has 20 heavy (non-hydrogen) atoms. The molecule has 0 bridgehead atoms. The summed E-state index contributed by atoms with van der Waals surface area (Å²) in [5, 5.41) is 8.99. The van der Waals surface area contributed by atoms with Crippen molar-refractivity contribution in [3.63, 3.8) is 0 Å². The number of aromatic nitrogens is 3. The number of benzene rings is 1. The van der Waals surface area contributed by atoms with Crippen LogP contribution in [0.2, 0.25) is 0 Å². The van der Waals surface area contributed by atoms with Gasteiger partial charge in [0.2, 0.25) is 0 Å². The summed E-state index contributed by atoms with van der Waals surface area (Å²) < 4.78 is 1.84. The van der Waals surface area contributed by atoms with Gasteiger partial charge in [-0.3, -0.25) is 9.67 Å². The van der Waals surface area contributed by atoms with Crippen LogP contribution in [0.1, 0.15) is 17.3 Å². The van der Waals surface area contributed by atoms with Crippen molar-refractivity contribution in [2.24, 2.45) is 7.05 Å². The third-order valence-electron chi connectivity index (χ3n) is 3.56. The van der Waals surface area contributed by atoms with Crippen LogP contribution in [0.3, 0.4) is 0 Å². The fourth-order valence-electron chi connectivity index (χ4n) is 2.48. The number of fused-ring (bicyclic) bond motifs is 1. The van der Waals surface area contributed by atoms with E-state index in [-0.39, 0.29) is 6.04 Å². The van der Waals surface area contributed by atoms with E-state index in [9.17, 15) is 0 Å². The van der Waals surface area contributed by atoms with E-state index >= 15 is 0 Å². The van der Waals surface area contributed by atoms with E-state index in [1.165, 1.54) is 10.9 Å². The maximum absolute atomic E-state index is 4.45. The molecule has 0 saturated carbocycles. The van der Waals surface area contributed by atoms with Crippen molar-refractivity contribution in [1.82, 2.24) is 20.1 Å². The monoisotopic (exact) mass is 266 g/mol. The SMILES string of the molecule is CNC(Cc1ccn(C)n1)c1ccc2ncccc2c1. The molecule has 1 aromatic carbocycles. The summed E-state index contributed by atoms with van der Waals surface area (Å²) in [4.78, 5) is 4.36. The van der Waals surface area contributed by atoms with Gasteiger partial charge in [0.25, 0.3) is 0 Å². The molecule has 1 atom stereocenters. The van der Waals surface area contributed by atoms with Crippen LogP contribution in [0.25, 0.3) is 10.9 Å². The van der Waals surface area contributed by atoms with Crippen LogP contribution in [0.4, 0.5) is 0 Å². The lowest BCUT2D eigenvalue weighted by atomic mass is 10.0. The second-order valence-electron chi connectivity index (χ2n) is 4.98. The Labute approximate surface area is 118 Å². The highest BCUT2D eigenvalue weighted by atomic mass is 15.2. The van der Waals surface area contributed by atoms with Gasteiger partial charge in [0, 0.05) is 37.3 Å². The van der Waals surface area contributed by atoms with Gasteiger partial charge in [-0.2, -0.15) is 5.10 Å². The third kappa shape index (κ3) is 2.56. The van der Waals surface area contributed by atoms with E-state index in [4.69, 9.17) is 0 Å². The minimum atomic E-state index is 0.259. The van der Waals surface area contributed by atoms with Gasteiger partial charge in [-0.25, -0.2) is 0 Å². The van der Waals surface area contributed by atoms with Gasteiger partial charge in [-0.15, -0.1) is 0 Å². The summed E-state index contributed by atoms with van der Waals surface area (Å²) in [6, 6.07) is 12.8. The molecule has 1 N–H and O–H groups in total. The van der Waals surface area contributed by atoms with Crippen molar-refractivity contribution in [2.45, 2.75) is 12.5 Å². The number of nitrogens with zero attached hydrogens (tertiary/aromatic N) is 3. The van der Waals surface area contributed by atoms with E-state index in [0.29, 0.717) is 0 Å². The average molecular weight is 266 g/mol. The molecular weight excluding hydrogens is 248 g/mol. The third-order valence-corrected chi connectivity index (χ3v) is 3.56. The first kappa shape index (κ1) is 12.8. The van der Waals surface area contributed by atoms with Gasteiger partial charge in [0.1, 0.15) is 0 Å². The van der Waals surface area contributed by atoms with Crippen molar-refractivity contribution in [2.75, 3.05) is 7.05 Å². The van der Waals surface area contributed by atoms with Crippen molar-refractivity contribution < 1.29 is 0 Å². The summed E-state index contributed by atoms with van der Waals surface area (Å²) in [6.45, 7) is 0. The second kappa shape index (κ2) is 5.43. The predicted octanol–water partition coefficient (Wildman–Crippen LogP) is 2.47. The molecule has 3 rings (SSSR count). The van der Waals surface area contributed by atoms with Crippen molar-refractivity contribution in [3.8, 4) is 0 Å². The molecule has 0 aliphatic rings. The van der Waals surface area contributed by atoms with Gasteiger partial charge in [-0.05, 0) is 36.9 Å². The van der Waals surface area contributed by atoms with Crippen molar-refractivity contribution in [1.29, 1.82) is 0 Å². The predicted molar refractivity (Wildman–Crippen MR) is 80.5 cm³/mol. The molecule has 4 nitrogen and oxygen atoms in total. The second-order valence-corrected chi connectivity index (χ2v) is 4.98. The first-order valence-electron chi connectivity index (χ1n) is 6.77. The molecule has 0 saturated heterocycles. The summed E-state index contributed by atoms with van der Waals surface area (Å²) >= 11 is 0. The molecule has 4 heteroatoms. The molecule has 0 spiro atoms. The number of nitrogens with one attached hydrogen (secondary N) is 1. The normalized spacial score (nSPS) is 12.7. The van der Waals surface area contributed by atoms with Crippen LogP contribution < -0.4 is 5.32 Å². The van der Waals surface area contributed by atoms with Crippen LogP contribution in [0, 0.1) is 0 Å². The molecule has 2 aromatic heterocycles. The Morgan fingerprint density at radius 2 is 2.15 bits per heavy atom. The van der Waals surface area contributed by atoms with E-state index < -0.39 is 0 Å². The zero-order valence-electron chi connectivity index (χ0n) is 11.7. The van der Waals surface area contributed by atoms with E-state index in [1.807, 2.05) is 37.2 Å². The number of hydrogen-bond donors (Lipinski definition) is 1. The Bertz CT molecular complexity index is 717. The largest absolute Gasteiger partial charge is 0.313 e. The highest BCUT2D eigenvalue weighted by molar-refractivity contribution is 5.79. The van der Waals surface area contributed by atoms with Gasteiger partial charge < -0.3 is 5.32 Å². The van der Waals surface area contributed by atoms with Gasteiger partial charge in [-0.1, -0.05) is 12.1 Å². The topological polar surface area (TPSA) is 42.7 Å². The van der Waals surface area contributed by atoms with E-state index in [2.05, 4.69) is 45.7 Å². The van der Waals surface area contributed by atoms with Gasteiger partial charge in [0.05, 0.1) is 11.2 Å². The molecule has 3 aromatic rings. The molecule has 0 amide bonds. The fourth-order valence-corrected chi connectivity index (χ4v) is 2.48. The summed E-state index contributed by atoms with van der Waals surface area (Å²) in [5.74, 6) is 0. The maximum Gasteiger partial charge on any atom is 0.0702 e. The lowest BCUT2D eigenvalue weighted by molar-refractivity contribution is 0.578. The summed E-state index contributed by atoms with van der Waals surface area (Å²) in [7, 11) is 3.93. The number of rotatable bonds is 4. The molecule has 0 aliphatic carbocycles. The molecule has 2 heterocycles. The highest BCUT2D eigenvalue weighted by Gasteiger charge is 2.12. The van der Waals surface area contributed by atoms with Crippen LogP contribution >= 0.6 is 0 Å². The molecule has 102 valence electrons. The summed E-state index contributed by atoms with van der Waals surface area (Å²) in [6.07, 6.45) is 4.68. The zero-order chi connectivity index (χ0) is 13.9. The standard InChI is InChI=1S/C16H18N4/c1-17-16(11-14-7-9-20(2)19-14)13-5-6-15-12(10-13)4-3-8-18-15/h3-10,16-17H,11H2,1-2H3. The van der Waals surface area contributed by atoms with Gasteiger partial charge in [0.15, 0.2) is 0 Å². The molecule has 0 aliphatic heterocycles. The fraction of sp³-hybridized carbons (Fsp3) is 0.250. The number of pyridine rings is 1. The smallest absolute Gasteiger partial charge is 0.0702 e. The number of hydrogen-bond acceptors (Lipinski definition) is 3. The Morgan fingerprint density at radius 3 is 2.90 bits per heavy atom. The van der Waals surface area contributed by atoms with Crippen LogP contribution in [0.15, 0.2) is 48.8 Å². The first-order chi connectivity index (χ1) is 9.76. The maximum atomic E-state index is 4.45. The Kier molecular flexibility index (Phi) is 3.48. The van der Waals surface area contributed by atoms with Crippen LogP contribution in [0.5, 0.6) is 0 Å². The quantitative estimate of drug-likeness (QED) is 0.789. The lowest BCUT2D eigenvalue weighted by Crippen LogP contribution is -2.19. The van der Waals surface area contributed by atoms with E-state index in [1.54, 1.807) is 0 Å². The molecule has 0 radical (unpaired) electrons. The molecule has 0 fully saturated rings. The Morgan fingerprint density at radius 1 is 1.25 bits per heavy atom. The lowest BCUT2D eigenvalue weighted by Gasteiger charge is -2.16. The van der Waals surface area contributed by atoms with Crippen molar-refractivity contribution >= 4 is 10.9 Å². The highest BCUT2D eigenvalue weighted by Crippen LogP contribution is 2.21. The van der Waals surface area contributed by atoms with E-state index in [0.717, 1.165) is 17.6 Å². The minimum Gasteiger partial charge on any atom is -0.313 e. The van der Waals surface area contributed by atoms with Crippen LogP contribution in [-0.2, 0) is 13.5 Å². The first-order valence-corrected chi connectivity index (χ1v) is 6.77. The number of likely N-dealkylation sites (N-methyl/N-ethyl adjacent to an activating group) is 1. The minimum absolute atomic E-state index is 0.259. The Balaban J connectivity index is 1.90. The van der Waals surface area contributed by atoms with Gasteiger partial charge >= 0.3 is 0 Å². The van der Waals surface area contributed by atoms with Crippen LogP contribution in [-0.4, -0.2) is 21.8 Å². The van der Waals surface area contributed by atoms with Crippen molar-refractivity contribution in [3.05, 3.63) is 60.0 Å².